The van der Waals surface area contributed by atoms with Crippen molar-refractivity contribution in [2.24, 2.45) is 0 Å². The Morgan fingerprint density at radius 3 is 2.70 bits per heavy atom. The van der Waals surface area contributed by atoms with Crippen molar-refractivity contribution in [2.45, 2.75) is 13.5 Å². The Labute approximate surface area is 121 Å². The monoisotopic (exact) mass is 293 g/mol. The molecule has 0 saturated heterocycles. The molecule has 0 aromatic heterocycles. The molecule has 0 heterocycles. The summed E-state index contributed by atoms with van der Waals surface area (Å²) in [6, 6.07) is 9.49. The van der Waals surface area contributed by atoms with Gasteiger partial charge in [0, 0.05) is 11.3 Å². The highest BCUT2D eigenvalue weighted by Gasteiger charge is 2.15. The molecule has 0 amide bonds. The normalized spacial score (nSPS) is 10.3. The van der Waals surface area contributed by atoms with E-state index in [0.29, 0.717) is 16.8 Å². The van der Waals surface area contributed by atoms with Crippen LogP contribution >= 0.6 is 11.6 Å². The van der Waals surface area contributed by atoms with Gasteiger partial charge in [0.05, 0.1) is 10.6 Å². The molecule has 0 bridgehead atoms. The van der Waals surface area contributed by atoms with Crippen LogP contribution in [0, 0.1) is 12.7 Å². The Hall–Kier alpha value is -2.07. The molecular weight excluding hydrogens is 281 g/mol. The third-order valence-corrected chi connectivity index (χ3v) is 3.32. The van der Waals surface area contributed by atoms with Crippen LogP contribution in [0.15, 0.2) is 36.4 Å². The van der Waals surface area contributed by atoms with Crippen LogP contribution in [0.5, 0.6) is 0 Å². The van der Waals surface area contributed by atoms with E-state index in [4.69, 9.17) is 22.1 Å². The second kappa shape index (κ2) is 5.92. The molecular formula is C15H13ClFNO2. The second-order valence-electron chi connectivity index (χ2n) is 4.33. The summed E-state index contributed by atoms with van der Waals surface area (Å²) in [5.41, 5.74) is 7.56. The summed E-state index contributed by atoms with van der Waals surface area (Å²) in [4.78, 5) is 12.0. The molecule has 0 aliphatic rings. The van der Waals surface area contributed by atoms with Crippen molar-refractivity contribution >= 4 is 23.3 Å². The summed E-state index contributed by atoms with van der Waals surface area (Å²) in [7, 11) is 0. The van der Waals surface area contributed by atoms with Gasteiger partial charge in [0.2, 0.25) is 0 Å². The first-order chi connectivity index (χ1) is 9.50. The summed E-state index contributed by atoms with van der Waals surface area (Å²) >= 11 is 5.79. The molecule has 5 heteroatoms. The predicted molar refractivity (Wildman–Crippen MR) is 76.1 cm³/mol. The molecule has 104 valence electrons. The van der Waals surface area contributed by atoms with Crippen molar-refractivity contribution in [3.05, 3.63) is 63.9 Å². The molecule has 0 unspecified atom stereocenters. The van der Waals surface area contributed by atoms with Crippen LogP contribution in [0.3, 0.4) is 0 Å². The van der Waals surface area contributed by atoms with E-state index in [-0.39, 0.29) is 11.6 Å². The Morgan fingerprint density at radius 1 is 1.30 bits per heavy atom. The zero-order valence-electron chi connectivity index (χ0n) is 10.8. The van der Waals surface area contributed by atoms with Crippen LogP contribution in [-0.2, 0) is 11.3 Å². The third-order valence-electron chi connectivity index (χ3n) is 2.90. The van der Waals surface area contributed by atoms with Crippen LogP contribution in [0.4, 0.5) is 10.1 Å². The minimum absolute atomic E-state index is 0.0435. The van der Waals surface area contributed by atoms with Gasteiger partial charge in [-0.25, -0.2) is 9.18 Å². The van der Waals surface area contributed by atoms with Crippen molar-refractivity contribution in [3.8, 4) is 0 Å². The summed E-state index contributed by atoms with van der Waals surface area (Å²) in [5, 5.41) is -0.0435. The molecule has 0 aliphatic carbocycles. The van der Waals surface area contributed by atoms with E-state index < -0.39 is 11.8 Å². The average Bonchev–Trinajstić information content (AvgIpc) is 2.40. The van der Waals surface area contributed by atoms with Crippen molar-refractivity contribution in [2.75, 3.05) is 5.73 Å². The van der Waals surface area contributed by atoms with Gasteiger partial charge in [0.15, 0.2) is 0 Å². The van der Waals surface area contributed by atoms with Gasteiger partial charge in [-0.3, -0.25) is 0 Å². The fourth-order valence-electron chi connectivity index (χ4n) is 1.84. The molecule has 0 saturated carbocycles. The second-order valence-corrected chi connectivity index (χ2v) is 4.71. The van der Waals surface area contributed by atoms with Crippen molar-refractivity contribution in [1.29, 1.82) is 0 Å². The number of esters is 1. The minimum atomic E-state index is -0.555. The Kier molecular flexibility index (Phi) is 4.25. The first-order valence-electron chi connectivity index (χ1n) is 5.96. The van der Waals surface area contributed by atoms with Gasteiger partial charge < -0.3 is 10.5 Å². The molecule has 3 nitrogen and oxygen atoms in total. The summed E-state index contributed by atoms with van der Waals surface area (Å²) in [5.74, 6) is -1.10. The summed E-state index contributed by atoms with van der Waals surface area (Å²) in [6.45, 7) is 1.66. The van der Waals surface area contributed by atoms with E-state index >= 15 is 0 Å². The number of anilines is 1. The van der Waals surface area contributed by atoms with Crippen LogP contribution in [0.2, 0.25) is 5.02 Å². The fourth-order valence-corrected chi connectivity index (χ4v) is 2.03. The fraction of sp³-hybridized carbons (Fsp3) is 0.133. The molecule has 0 atom stereocenters. The Balaban J connectivity index is 2.15. The van der Waals surface area contributed by atoms with E-state index in [2.05, 4.69) is 0 Å². The molecule has 2 aromatic rings. The highest BCUT2D eigenvalue weighted by molar-refractivity contribution is 6.31. The zero-order chi connectivity index (χ0) is 14.7. The zero-order valence-corrected chi connectivity index (χ0v) is 11.6. The van der Waals surface area contributed by atoms with Crippen molar-refractivity contribution in [3.63, 3.8) is 0 Å². The number of ether oxygens (including phenoxy) is 1. The van der Waals surface area contributed by atoms with E-state index in [1.54, 1.807) is 31.2 Å². The van der Waals surface area contributed by atoms with Gasteiger partial charge in [0.1, 0.15) is 12.4 Å². The van der Waals surface area contributed by atoms with Gasteiger partial charge in [-0.05, 0) is 24.6 Å². The lowest BCUT2D eigenvalue weighted by atomic mass is 10.1. The number of nitrogens with two attached hydrogens (primary N) is 1. The smallest absolute Gasteiger partial charge is 0.340 e. The van der Waals surface area contributed by atoms with Crippen molar-refractivity contribution in [1.82, 2.24) is 0 Å². The predicted octanol–water partition coefficient (Wildman–Crippen LogP) is 3.73. The first-order valence-corrected chi connectivity index (χ1v) is 6.33. The van der Waals surface area contributed by atoms with E-state index in [9.17, 15) is 9.18 Å². The lowest BCUT2D eigenvalue weighted by molar-refractivity contribution is 0.0473. The summed E-state index contributed by atoms with van der Waals surface area (Å²) in [6.07, 6.45) is 0. The van der Waals surface area contributed by atoms with Crippen LogP contribution < -0.4 is 5.73 Å². The highest BCUT2D eigenvalue weighted by Crippen LogP contribution is 2.22. The van der Waals surface area contributed by atoms with E-state index in [1.165, 1.54) is 12.1 Å². The molecule has 2 aromatic carbocycles. The lowest BCUT2D eigenvalue weighted by Crippen LogP contribution is -2.10. The minimum Gasteiger partial charge on any atom is -0.457 e. The number of carbonyl (C=O) groups is 1. The van der Waals surface area contributed by atoms with Gasteiger partial charge >= 0.3 is 5.97 Å². The number of carbonyl (C=O) groups excluding carboxylic acids is 1. The topological polar surface area (TPSA) is 52.3 Å². The van der Waals surface area contributed by atoms with Gasteiger partial charge in [0.25, 0.3) is 0 Å². The van der Waals surface area contributed by atoms with Gasteiger partial charge in [-0.1, -0.05) is 35.9 Å². The quantitative estimate of drug-likeness (QED) is 0.693. The van der Waals surface area contributed by atoms with E-state index in [1.807, 2.05) is 0 Å². The first kappa shape index (κ1) is 14.3. The lowest BCUT2D eigenvalue weighted by Gasteiger charge is -2.10. The highest BCUT2D eigenvalue weighted by atomic mass is 35.5. The SMILES string of the molecule is Cc1cccc(N)c1C(=O)OCc1cccc(F)c1Cl. The van der Waals surface area contributed by atoms with Crippen molar-refractivity contribution < 1.29 is 13.9 Å². The number of hydrogen-bond donors (Lipinski definition) is 1. The van der Waals surface area contributed by atoms with Crippen LogP contribution in [-0.4, -0.2) is 5.97 Å². The Morgan fingerprint density at radius 2 is 2.00 bits per heavy atom. The number of aryl methyl sites for hydroxylation is 1. The van der Waals surface area contributed by atoms with E-state index in [0.717, 1.165) is 5.56 Å². The standard InChI is InChI=1S/C15H13ClFNO2/c1-9-4-2-7-12(18)13(9)15(19)20-8-10-5-3-6-11(17)14(10)16/h2-7H,8,18H2,1H3. The largest absolute Gasteiger partial charge is 0.457 e. The average molecular weight is 294 g/mol. The molecule has 20 heavy (non-hydrogen) atoms. The number of hydrogen-bond acceptors (Lipinski definition) is 3. The molecule has 0 radical (unpaired) electrons. The molecule has 2 N–H and O–H groups in total. The number of rotatable bonds is 3. The third kappa shape index (κ3) is 2.91. The van der Waals surface area contributed by atoms with Gasteiger partial charge in [-0.2, -0.15) is 0 Å². The summed E-state index contributed by atoms with van der Waals surface area (Å²) < 4.78 is 18.4. The van der Waals surface area contributed by atoms with Crippen LogP contribution in [0.1, 0.15) is 21.5 Å². The molecule has 0 spiro atoms. The maximum absolute atomic E-state index is 13.3. The maximum atomic E-state index is 13.3. The van der Waals surface area contributed by atoms with Crippen LogP contribution in [0.25, 0.3) is 0 Å². The maximum Gasteiger partial charge on any atom is 0.340 e. The molecule has 0 aliphatic heterocycles. The molecule has 0 fully saturated rings. The van der Waals surface area contributed by atoms with Gasteiger partial charge in [-0.15, -0.1) is 0 Å². The number of benzene rings is 2. The number of halogens is 2. The Bertz CT molecular complexity index is 638. The molecule has 2 rings (SSSR count). The number of nitrogen functional groups attached to an aromatic ring is 1.